The van der Waals surface area contributed by atoms with E-state index in [4.69, 9.17) is 5.73 Å². The van der Waals surface area contributed by atoms with Crippen LogP contribution in [0.5, 0.6) is 0 Å². The molecule has 72 valence electrons. The van der Waals surface area contributed by atoms with E-state index in [-0.39, 0.29) is 5.54 Å². The first-order chi connectivity index (χ1) is 5.77. The molecule has 0 saturated carbocycles. The second kappa shape index (κ2) is 3.71. The molecule has 2 unspecified atom stereocenters. The predicted molar refractivity (Wildman–Crippen MR) is 48.8 cm³/mol. The van der Waals surface area contributed by atoms with Crippen molar-refractivity contribution in [1.29, 1.82) is 0 Å². The van der Waals surface area contributed by atoms with Gasteiger partial charge < -0.3 is 5.73 Å². The van der Waals surface area contributed by atoms with Crippen LogP contribution in [0.3, 0.4) is 0 Å². The summed E-state index contributed by atoms with van der Waals surface area (Å²) < 4.78 is 12.8. The highest BCUT2D eigenvalue weighted by atomic mass is 19.1. The van der Waals surface area contributed by atoms with E-state index >= 15 is 0 Å². The molecular weight excluding hydrogens is 155 g/mol. The summed E-state index contributed by atoms with van der Waals surface area (Å²) in [6.07, 6.45) is 1.15. The Kier molecular flexibility index (Phi) is 3.07. The summed E-state index contributed by atoms with van der Waals surface area (Å²) in [6, 6.07) is 0. The van der Waals surface area contributed by atoms with Gasteiger partial charge in [0, 0.05) is 25.2 Å². The molecule has 2 heterocycles. The van der Waals surface area contributed by atoms with Crippen LogP contribution in [-0.4, -0.2) is 36.2 Å². The van der Waals surface area contributed by atoms with Crippen LogP contribution in [0.15, 0.2) is 0 Å². The van der Waals surface area contributed by atoms with E-state index in [0.717, 1.165) is 13.0 Å². The molecule has 2 rings (SSSR count). The Morgan fingerprint density at radius 1 is 1.58 bits per heavy atom. The fourth-order valence-electron chi connectivity index (χ4n) is 2.13. The highest BCUT2D eigenvalue weighted by molar-refractivity contribution is 5.07. The van der Waals surface area contributed by atoms with Crippen molar-refractivity contribution in [2.45, 2.75) is 38.4 Å². The molecule has 0 aromatic rings. The van der Waals surface area contributed by atoms with Gasteiger partial charge in [-0.2, -0.15) is 0 Å². The second-order valence-electron chi connectivity index (χ2n) is 3.43. The summed E-state index contributed by atoms with van der Waals surface area (Å²) in [5.41, 5.74) is 5.65. The van der Waals surface area contributed by atoms with E-state index in [1.165, 1.54) is 0 Å². The van der Waals surface area contributed by atoms with Crippen LogP contribution in [0.1, 0.15) is 26.7 Å². The fourth-order valence-corrected chi connectivity index (χ4v) is 2.13. The predicted octanol–water partition coefficient (Wildman–Crippen LogP) is 1.16. The van der Waals surface area contributed by atoms with E-state index in [9.17, 15) is 4.39 Å². The number of fused-ring (bicyclic) bond motifs is 1. The summed E-state index contributed by atoms with van der Waals surface area (Å²) in [5, 5.41) is 0. The quantitative estimate of drug-likeness (QED) is 0.646. The minimum Gasteiger partial charge on any atom is -0.329 e. The Morgan fingerprint density at radius 3 is 2.50 bits per heavy atom. The molecule has 2 atom stereocenters. The number of nitrogens with two attached hydrogens (primary N) is 1. The third kappa shape index (κ3) is 1.36. The van der Waals surface area contributed by atoms with Crippen molar-refractivity contribution in [2.24, 2.45) is 5.73 Å². The maximum atomic E-state index is 12.8. The largest absolute Gasteiger partial charge is 0.329 e. The minimum absolute atomic E-state index is 0.0828. The summed E-state index contributed by atoms with van der Waals surface area (Å²) >= 11 is 0. The van der Waals surface area contributed by atoms with Crippen molar-refractivity contribution in [3.8, 4) is 0 Å². The topological polar surface area (TPSA) is 29.3 Å². The van der Waals surface area contributed by atoms with Gasteiger partial charge in [0.05, 0.1) is 0 Å². The van der Waals surface area contributed by atoms with Gasteiger partial charge in [-0.25, -0.2) is 4.39 Å². The van der Waals surface area contributed by atoms with E-state index in [1.807, 2.05) is 13.8 Å². The Hall–Kier alpha value is -0.150. The van der Waals surface area contributed by atoms with Crippen LogP contribution in [0.25, 0.3) is 0 Å². The Labute approximate surface area is 73.9 Å². The molecule has 2 aliphatic heterocycles. The van der Waals surface area contributed by atoms with Gasteiger partial charge in [0.15, 0.2) is 0 Å². The lowest BCUT2D eigenvalue weighted by Gasteiger charge is -2.47. The van der Waals surface area contributed by atoms with Gasteiger partial charge in [0.25, 0.3) is 0 Å². The number of halogens is 1. The molecule has 0 amide bonds. The van der Waals surface area contributed by atoms with Crippen molar-refractivity contribution in [3.63, 3.8) is 0 Å². The monoisotopic (exact) mass is 174 g/mol. The number of hydrogen-bond donors (Lipinski definition) is 1. The average Bonchev–Trinajstić information content (AvgIpc) is 2.31. The van der Waals surface area contributed by atoms with E-state index < -0.39 is 6.17 Å². The van der Waals surface area contributed by atoms with Crippen LogP contribution >= 0.6 is 0 Å². The first kappa shape index (κ1) is 9.93. The normalized spacial score (nSPS) is 39.5. The zero-order chi connectivity index (χ0) is 9.19. The van der Waals surface area contributed by atoms with Crippen molar-refractivity contribution in [1.82, 2.24) is 4.90 Å². The first-order valence-electron chi connectivity index (χ1n) is 4.86. The maximum Gasteiger partial charge on any atom is 0.115 e. The highest BCUT2D eigenvalue weighted by Gasteiger charge is 2.50. The standard InChI is InChI=1S/C7H13FN2.C2H6/c8-6-3-7(5-9)1-2-10(7)4-6;1-2/h6H,1-5,9H2;1-2H3. The summed E-state index contributed by atoms with van der Waals surface area (Å²) in [7, 11) is 0. The Bertz CT molecular complexity index is 147. The lowest BCUT2D eigenvalue weighted by molar-refractivity contribution is 0.0357. The van der Waals surface area contributed by atoms with Crippen LogP contribution in [0.2, 0.25) is 0 Å². The molecular formula is C9H19FN2. The number of rotatable bonds is 1. The van der Waals surface area contributed by atoms with Crippen molar-refractivity contribution in [2.75, 3.05) is 19.6 Å². The molecule has 2 aliphatic rings. The SMILES string of the molecule is CC.NCC12CCN1CC(F)C2. The lowest BCUT2D eigenvalue weighted by atomic mass is 9.85. The summed E-state index contributed by atoms with van der Waals surface area (Å²) in [5.74, 6) is 0. The van der Waals surface area contributed by atoms with E-state index in [2.05, 4.69) is 4.90 Å². The van der Waals surface area contributed by atoms with Crippen molar-refractivity contribution in [3.05, 3.63) is 0 Å². The van der Waals surface area contributed by atoms with Crippen LogP contribution in [0.4, 0.5) is 4.39 Å². The third-order valence-electron chi connectivity index (χ3n) is 2.92. The van der Waals surface area contributed by atoms with Gasteiger partial charge >= 0.3 is 0 Å². The van der Waals surface area contributed by atoms with Gasteiger partial charge in [-0.3, -0.25) is 4.90 Å². The maximum absolute atomic E-state index is 12.8. The van der Waals surface area contributed by atoms with Crippen molar-refractivity contribution >= 4 is 0 Å². The Morgan fingerprint density at radius 2 is 2.25 bits per heavy atom. The molecule has 12 heavy (non-hydrogen) atoms. The van der Waals surface area contributed by atoms with Gasteiger partial charge in [0.1, 0.15) is 6.17 Å². The molecule has 0 aliphatic carbocycles. The number of hydrogen-bond acceptors (Lipinski definition) is 2. The molecule has 3 heteroatoms. The summed E-state index contributed by atoms with van der Waals surface area (Å²) in [4.78, 5) is 2.18. The first-order valence-corrected chi connectivity index (χ1v) is 4.86. The molecule has 0 aromatic heterocycles. The molecule has 0 aromatic carbocycles. The Balaban J connectivity index is 0.000000336. The van der Waals surface area contributed by atoms with Crippen molar-refractivity contribution < 1.29 is 4.39 Å². The van der Waals surface area contributed by atoms with Gasteiger partial charge in [-0.15, -0.1) is 0 Å². The van der Waals surface area contributed by atoms with Gasteiger partial charge in [-0.05, 0) is 12.8 Å². The zero-order valence-corrected chi connectivity index (χ0v) is 8.02. The smallest absolute Gasteiger partial charge is 0.115 e. The minimum atomic E-state index is -0.619. The number of alkyl halides is 1. The number of nitrogens with zero attached hydrogens (tertiary/aromatic N) is 1. The second-order valence-corrected chi connectivity index (χ2v) is 3.43. The molecule has 2 saturated heterocycles. The molecule has 0 bridgehead atoms. The van der Waals surface area contributed by atoms with Crippen LogP contribution in [-0.2, 0) is 0 Å². The molecule has 0 radical (unpaired) electrons. The zero-order valence-electron chi connectivity index (χ0n) is 8.02. The van der Waals surface area contributed by atoms with E-state index in [1.54, 1.807) is 0 Å². The highest BCUT2D eigenvalue weighted by Crippen LogP contribution is 2.40. The molecule has 2 nitrogen and oxygen atoms in total. The lowest BCUT2D eigenvalue weighted by Crippen LogP contribution is -2.59. The van der Waals surface area contributed by atoms with E-state index in [0.29, 0.717) is 19.5 Å². The fraction of sp³-hybridized carbons (Fsp3) is 1.00. The molecule has 2 fully saturated rings. The van der Waals surface area contributed by atoms with Gasteiger partial charge in [-0.1, -0.05) is 13.8 Å². The third-order valence-corrected chi connectivity index (χ3v) is 2.92. The molecule has 0 spiro atoms. The van der Waals surface area contributed by atoms with Crippen LogP contribution in [0, 0.1) is 0 Å². The summed E-state index contributed by atoms with van der Waals surface area (Å²) in [6.45, 7) is 6.31. The average molecular weight is 174 g/mol. The molecule has 2 N–H and O–H groups in total. The van der Waals surface area contributed by atoms with Gasteiger partial charge in [0.2, 0.25) is 0 Å². The van der Waals surface area contributed by atoms with Crippen LogP contribution < -0.4 is 5.73 Å².